The summed E-state index contributed by atoms with van der Waals surface area (Å²) in [5.41, 5.74) is -0.930. The number of nitrogens with zero attached hydrogens (tertiary/aromatic N) is 1. The van der Waals surface area contributed by atoms with Gasteiger partial charge in [0.2, 0.25) is 5.91 Å². The molecule has 2 rings (SSSR count). The molecule has 0 spiro atoms. The van der Waals surface area contributed by atoms with E-state index < -0.39 is 34.4 Å². The average molecular weight is 408 g/mol. The number of H-pyrrole nitrogens is 1. The number of halogens is 1. The Bertz CT molecular complexity index is 961. The largest absolute Gasteiger partial charge is 0.468 e. The smallest absolute Gasteiger partial charge is 0.318 e. The molecule has 0 radical (unpaired) electrons. The Balaban J connectivity index is 2.35. The third-order valence-corrected chi connectivity index (χ3v) is 4.32. The number of benzene rings is 1. The van der Waals surface area contributed by atoms with Crippen molar-refractivity contribution in [2.45, 2.75) is 24.3 Å². The van der Waals surface area contributed by atoms with Gasteiger partial charge in [-0.1, -0.05) is 11.8 Å². The fourth-order valence-electron chi connectivity index (χ4n) is 2.05. The van der Waals surface area contributed by atoms with Gasteiger partial charge in [-0.05, 0) is 31.2 Å². The molecule has 28 heavy (non-hydrogen) atoms. The minimum absolute atomic E-state index is 0.0476. The predicted molar refractivity (Wildman–Crippen MR) is 101 cm³/mol. The third kappa shape index (κ3) is 5.39. The van der Waals surface area contributed by atoms with Crippen LogP contribution in [0.4, 0.5) is 15.9 Å². The lowest BCUT2D eigenvalue weighted by Crippen LogP contribution is -2.25. The maximum atomic E-state index is 13.0. The molecule has 0 fully saturated rings. The van der Waals surface area contributed by atoms with E-state index >= 15 is 0 Å². The normalized spacial score (nSPS) is 11.4. The molecular formula is C17H17FN4O5S. The van der Waals surface area contributed by atoms with E-state index in [0.29, 0.717) is 0 Å². The highest BCUT2D eigenvalue weighted by molar-refractivity contribution is 8.00. The standard InChI is InChI=1S/C17H17FN4O5S/c1-8(16(26)27-3)28-17-21-13(19-9(2)23)12(15(25)22-17)20-14(24)10-4-6-11(18)7-5-10/h4-8H,1-3H3,(H,20,24)(H2,19,21,22,23,25)/t8-/m0/s1. The molecule has 2 aromatic rings. The van der Waals surface area contributed by atoms with Gasteiger partial charge in [0.15, 0.2) is 16.7 Å². The van der Waals surface area contributed by atoms with Crippen LogP contribution in [-0.2, 0) is 14.3 Å². The van der Waals surface area contributed by atoms with Crippen LogP contribution in [0.1, 0.15) is 24.2 Å². The topological polar surface area (TPSA) is 130 Å². The molecule has 0 bridgehead atoms. The van der Waals surface area contributed by atoms with Crippen molar-refractivity contribution >= 4 is 41.1 Å². The Morgan fingerprint density at radius 2 is 1.86 bits per heavy atom. The monoisotopic (exact) mass is 408 g/mol. The van der Waals surface area contributed by atoms with Crippen LogP contribution in [0.2, 0.25) is 0 Å². The van der Waals surface area contributed by atoms with Crippen LogP contribution < -0.4 is 16.2 Å². The van der Waals surface area contributed by atoms with Gasteiger partial charge in [0.05, 0.1) is 7.11 Å². The predicted octanol–water partition coefficient (Wildman–Crippen LogP) is 1.77. The number of amides is 2. The van der Waals surface area contributed by atoms with Gasteiger partial charge >= 0.3 is 5.97 Å². The zero-order chi connectivity index (χ0) is 20.8. The van der Waals surface area contributed by atoms with Crippen molar-refractivity contribution in [3.05, 3.63) is 46.0 Å². The highest BCUT2D eigenvalue weighted by Crippen LogP contribution is 2.23. The number of methoxy groups -OCH3 is 1. The minimum atomic E-state index is -0.742. The van der Waals surface area contributed by atoms with Crippen LogP contribution in [0, 0.1) is 5.82 Å². The second-order valence-corrected chi connectivity index (χ2v) is 6.85. The summed E-state index contributed by atoms with van der Waals surface area (Å²) in [4.78, 5) is 54.3. The van der Waals surface area contributed by atoms with E-state index in [4.69, 9.17) is 0 Å². The zero-order valence-corrected chi connectivity index (χ0v) is 16.0. The molecule has 2 amide bonds. The summed E-state index contributed by atoms with van der Waals surface area (Å²) in [5, 5.41) is 4.09. The van der Waals surface area contributed by atoms with Gasteiger partial charge in [-0.2, -0.15) is 0 Å². The molecule has 1 atom stereocenters. The molecule has 1 heterocycles. The Kier molecular flexibility index (Phi) is 6.88. The first-order valence-electron chi connectivity index (χ1n) is 7.94. The number of ether oxygens (including phenoxy) is 1. The van der Waals surface area contributed by atoms with E-state index in [2.05, 4.69) is 25.3 Å². The highest BCUT2D eigenvalue weighted by Gasteiger charge is 2.20. The van der Waals surface area contributed by atoms with Crippen molar-refractivity contribution in [3.8, 4) is 0 Å². The fourth-order valence-corrected chi connectivity index (χ4v) is 2.87. The second kappa shape index (κ2) is 9.13. The molecule has 0 unspecified atom stereocenters. The molecule has 1 aromatic carbocycles. The number of carbonyl (C=O) groups is 3. The number of esters is 1. The number of aromatic amines is 1. The fraction of sp³-hybridized carbons (Fsp3) is 0.235. The van der Waals surface area contributed by atoms with Crippen LogP contribution in [0.15, 0.2) is 34.2 Å². The number of hydrogen-bond acceptors (Lipinski definition) is 7. The molecule has 0 saturated carbocycles. The van der Waals surface area contributed by atoms with Gasteiger partial charge in [0, 0.05) is 12.5 Å². The zero-order valence-electron chi connectivity index (χ0n) is 15.2. The van der Waals surface area contributed by atoms with Crippen molar-refractivity contribution in [1.82, 2.24) is 9.97 Å². The van der Waals surface area contributed by atoms with E-state index in [9.17, 15) is 23.6 Å². The Hall–Kier alpha value is -3.21. The molecular weight excluding hydrogens is 391 g/mol. The van der Waals surface area contributed by atoms with Crippen LogP contribution in [0.3, 0.4) is 0 Å². The third-order valence-electron chi connectivity index (χ3n) is 3.36. The lowest BCUT2D eigenvalue weighted by Gasteiger charge is -2.13. The highest BCUT2D eigenvalue weighted by atomic mass is 32.2. The lowest BCUT2D eigenvalue weighted by molar-refractivity contribution is -0.139. The van der Waals surface area contributed by atoms with Gasteiger partial charge in [0.25, 0.3) is 11.5 Å². The molecule has 0 aliphatic carbocycles. The van der Waals surface area contributed by atoms with E-state index in [0.717, 1.165) is 23.9 Å². The van der Waals surface area contributed by atoms with Gasteiger partial charge < -0.3 is 15.4 Å². The summed E-state index contributed by atoms with van der Waals surface area (Å²) in [6.07, 6.45) is 0. The molecule has 9 nitrogen and oxygen atoms in total. The maximum absolute atomic E-state index is 13.0. The summed E-state index contributed by atoms with van der Waals surface area (Å²) in [6, 6.07) is 4.68. The van der Waals surface area contributed by atoms with Crippen molar-refractivity contribution in [2.75, 3.05) is 17.7 Å². The van der Waals surface area contributed by atoms with Crippen molar-refractivity contribution < 1.29 is 23.5 Å². The Morgan fingerprint density at radius 1 is 1.21 bits per heavy atom. The van der Waals surface area contributed by atoms with Crippen LogP contribution in [0.25, 0.3) is 0 Å². The summed E-state index contributed by atoms with van der Waals surface area (Å²) in [7, 11) is 1.23. The number of nitrogens with one attached hydrogen (secondary N) is 3. The summed E-state index contributed by atoms with van der Waals surface area (Å²) in [6.45, 7) is 2.76. The number of anilines is 2. The van der Waals surface area contributed by atoms with Crippen LogP contribution in [-0.4, -0.2) is 40.1 Å². The van der Waals surface area contributed by atoms with E-state index in [-0.39, 0.29) is 22.2 Å². The SMILES string of the molecule is COC(=O)[C@H](C)Sc1nc(NC(C)=O)c(NC(=O)c2ccc(F)cc2)c(=O)[nH]1. The average Bonchev–Trinajstić information content (AvgIpc) is 2.63. The van der Waals surface area contributed by atoms with Crippen LogP contribution >= 0.6 is 11.8 Å². The van der Waals surface area contributed by atoms with E-state index in [1.54, 1.807) is 6.92 Å². The first-order chi connectivity index (χ1) is 13.2. The van der Waals surface area contributed by atoms with Crippen molar-refractivity contribution in [1.29, 1.82) is 0 Å². The molecule has 0 aliphatic heterocycles. The van der Waals surface area contributed by atoms with Crippen LogP contribution in [0.5, 0.6) is 0 Å². The van der Waals surface area contributed by atoms with E-state index in [1.807, 2.05) is 0 Å². The van der Waals surface area contributed by atoms with E-state index in [1.165, 1.54) is 26.2 Å². The molecule has 148 valence electrons. The lowest BCUT2D eigenvalue weighted by atomic mass is 10.2. The van der Waals surface area contributed by atoms with Crippen molar-refractivity contribution in [2.24, 2.45) is 0 Å². The number of carbonyl (C=O) groups excluding carboxylic acids is 3. The first-order valence-corrected chi connectivity index (χ1v) is 8.82. The Labute approximate surface area is 163 Å². The Morgan fingerprint density at radius 3 is 2.43 bits per heavy atom. The molecule has 3 N–H and O–H groups in total. The number of rotatable bonds is 6. The summed E-state index contributed by atoms with van der Waals surface area (Å²) < 4.78 is 17.6. The molecule has 0 saturated heterocycles. The van der Waals surface area contributed by atoms with Crippen molar-refractivity contribution in [3.63, 3.8) is 0 Å². The summed E-state index contributed by atoms with van der Waals surface area (Å²) >= 11 is 0.910. The van der Waals surface area contributed by atoms with Gasteiger partial charge in [0.1, 0.15) is 11.1 Å². The molecule has 11 heteroatoms. The quantitative estimate of drug-likeness (QED) is 0.377. The number of hydrogen-bond donors (Lipinski definition) is 3. The second-order valence-electron chi connectivity index (χ2n) is 5.52. The maximum Gasteiger partial charge on any atom is 0.318 e. The molecule has 0 aliphatic rings. The molecule has 1 aromatic heterocycles. The first kappa shape index (κ1) is 21.1. The van der Waals surface area contributed by atoms with Gasteiger partial charge in [-0.15, -0.1) is 0 Å². The summed E-state index contributed by atoms with van der Waals surface area (Å²) in [5.74, 6) is -2.45. The van der Waals surface area contributed by atoms with Gasteiger partial charge in [-0.3, -0.25) is 24.2 Å². The number of thioether (sulfide) groups is 1. The number of aromatic nitrogens is 2. The minimum Gasteiger partial charge on any atom is -0.468 e. The van der Waals surface area contributed by atoms with Gasteiger partial charge in [-0.25, -0.2) is 9.37 Å².